The highest BCUT2D eigenvalue weighted by Gasteiger charge is 2.42. The minimum Gasteiger partial charge on any atom is -0.301 e. The summed E-state index contributed by atoms with van der Waals surface area (Å²) in [6, 6.07) is 14.9. The third kappa shape index (κ3) is 2.38. The second-order valence-corrected chi connectivity index (χ2v) is 5.32. The molecule has 4 nitrogen and oxygen atoms in total. The van der Waals surface area contributed by atoms with Crippen molar-refractivity contribution < 1.29 is 14.4 Å². The molecule has 4 heteroatoms. The number of aldehydes is 1. The Morgan fingerprint density at radius 2 is 1.39 bits per heavy atom. The first-order chi connectivity index (χ1) is 11.2. The summed E-state index contributed by atoms with van der Waals surface area (Å²) in [6.07, 6.45) is 2.24. The Balaban J connectivity index is 2.02. The van der Waals surface area contributed by atoms with Crippen LogP contribution in [0.2, 0.25) is 0 Å². The van der Waals surface area contributed by atoms with Crippen molar-refractivity contribution in [3.8, 4) is 0 Å². The number of carbonyl (C=O) groups is 3. The van der Waals surface area contributed by atoms with Gasteiger partial charge in [-0.15, -0.1) is 6.58 Å². The SMILES string of the molecule is C=C[C@@H](c1ccccc1)[C@H](C=O)N1C(=O)c2ccccc2C1=O. The van der Waals surface area contributed by atoms with Crippen LogP contribution < -0.4 is 0 Å². The normalized spacial score (nSPS) is 15.9. The van der Waals surface area contributed by atoms with Crippen LogP contribution in [0.15, 0.2) is 67.3 Å². The third-order valence-electron chi connectivity index (χ3n) is 4.07. The van der Waals surface area contributed by atoms with Crippen LogP contribution in [0.1, 0.15) is 32.2 Å². The molecule has 1 heterocycles. The van der Waals surface area contributed by atoms with Crippen molar-refractivity contribution in [2.45, 2.75) is 12.0 Å². The Bertz CT molecular complexity index is 747. The average Bonchev–Trinajstić information content (AvgIpc) is 2.85. The molecule has 0 saturated heterocycles. The van der Waals surface area contributed by atoms with Crippen LogP contribution in [-0.2, 0) is 4.79 Å². The number of imide groups is 1. The first-order valence-electron chi connectivity index (χ1n) is 7.28. The first-order valence-corrected chi connectivity index (χ1v) is 7.28. The van der Waals surface area contributed by atoms with Gasteiger partial charge in [0.2, 0.25) is 0 Å². The van der Waals surface area contributed by atoms with Crippen LogP contribution in [0.25, 0.3) is 0 Å². The molecule has 2 aromatic rings. The molecule has 2 aromatic carbocycles. The lowest BCUT2D eigenvalue weighted by atomic mass is 9.91. The molecule has 23 heavy (non-hydrogen) atoms. The summed E-state index contributed by atoms with van der Waals surface area (Å²) < 4.78 is 0. The highest BCUT2D eigenvalue weighted by molar-refractivity contribution is 6.22. The van der Waals surface area contributed by atoms with Gasteiger partial charge in [0.1, 0.15) is 12.3 Å². The predicted octanol–water partition coefficient (Wildman–Crippen LogP) is 2.82. The van der Waals surface area contributed by atoms with E-state index in [1.165, 1.54) is 0 Å². The Kier molecular flexibility index (Phi) is 3.89. The Labute approximate surface area is 134 Å². The van der Waals surface area contributed by atoms with Gasteiger partial charge in [-0.05, 0) is 17.7 Å². The van der Waals surface area contributed by atoms with Gasteiger partial charge in [0.05, 0.1) is 11.1 Å². The zero-order chi connectivity index (χ0) is 16.4. The van der Waals surface area contributed by atoms with Crippen molar-refractivity contribution in [2.24, 2.45) is 0 Å². The minimum atomic E-state index is -0.915. The molecule has 0 unspecified atom stereocenters. The van der Waals surface area contributed by atoms with E-state index in [0.717, 1.165) is 10.5 Å². The summed E-state index contributed by atoms with van der Waals surface area (Å²) in [5.74, 6) is -1.33. The number of carbonyl (C=O) groups excluding carboxylic acids is 3. The summed E-state index contributed by atoms with van der Waals surface area (Å²) >= 11 is 0. The van der Waals surface area contributed by atoms with Crippen molar-refractivity contribution in [3.05, 3.63) is 83.9 Å². The Morgan fingerprint density at radius 3 is 1.87 bits per heavy atom. The van der Waals surface area contributed by atoms with E-state index in [4.69, 9.17) is 0 Å². The molecule has 0 N–H and O–H groups in total. The second kappa shape index (κ2) is 6.01. The van der Waals surface area contributed by atoms with Gasteiger partial charge in [0, 0.05) is 5.92 Å². The standard InChI is InChI=1S/C19H15NO3/c1-2-14(13-8-4-3-5-9-13)17(12-21)20-18(22)15-10-6-7-11-16(15)19(20)23/h2-12,14,17H,1H2/t14-,17-/m0/s1. The van der Waals surface area contributed by atoms with Crippen molar-refractivity contribution in [3.63, 3.8) is 0 Å². The zero-order valence-corrected chi connectivity index (χ0v) is 12.4. The zero-order valence-electron chi connectivity index (χ0n) is 12.4. The minimum absolute atomic E-state index is 0.334. The molecular formula is C19H15NO3. The summed E-state index contributed by atoms with van der Waals surface area (Å²) in [7, 11) is 0. The largest absolute Gasteiger partial charge is 0.301 e. The summed E-state index contributed by atoms with van der Waals surface area (Å²) in [4.78, 5) is 37.9. The molecule has 2 amide bonds. The number of benzene rings is 2. The monoisotopic (exact) mass is 305 g/mol. The maximum Gasteiger partial charge on any atom is 0.262 e. The molecule has 1 aliphatic heterocycles. The van der Waals surface area contributed by atoms with E-state index in [2.05, 4.69) is 6.58 Å². The molecule has 1 aliphatic rings. The molecule has 3 rings (SSSR count). The lowest BCUT2D eigenvalue weighted by molar-refractivity contribution is -0.111. The molecule has 0 aliphatic carbocycles. The van der Waals surface area contributed by atoms with E-state index >= 15 is 0 Å². The Hall–Kier alpha value is -3.01. The summed E-state index contributed by atoms with van der Waals surface area (Å²) in [5.41, 5.74) is 1.50. The fourth-order valence-electron chi connectivity index (χ4n) is 2.93. The van der Waals surface area contributed by atoms with Gasteiger partial charge in [-0.3, -0.25) is 14.5 Å². The molecule has 0 bridgehead atoms. The van der Waals surface area contributed by atoms with Gasteiger partial charge >= 0.3 is 0 Å². The van der Waals surface area contributed by atoms with Crippen LogP contribution in [0.4, 0.5) is 0 Å². The van der Waals surface area contributed by atoms with E-state index in [1.54, 1.807) is 30.3 Å². The number of fused-ring (bicyclic) bond motifs is 1. The van der Waals surface area contributed by atoms with Gasteiger partial charge in [-0.25, -0.2) is 0 Å². The lowest BCUT2D eigenvalue weighted by Crippen LogP contribution is -2.44. The molecule has 0 spiro atoms. The van der Waals surface area contributed by atoms with Crippen molar-refractivity contribution >= 4 is 18.1 Å². The van der Waals surface area contributed by atoms with E-state index in [0.29, 0.717) is 17.4 Å². The molecule has 0 fully saturated rings. The smallest absolute Gasteiger partial charge is 0.262 e. The van der Waals surface area contributed by atoms with Crippen LogP contribution in [0.3, 0.4) is 0 Å². The van der Waals surface area contributed by atoms with Gasteiger partial charge in [0.25, 0.3) is 11.8 Å². The van der Waals surface area contributed by atoms with E-state index in [-0.39, 0.29) is 0 Å². The molecule has 2 atom stereocenters. The summed E-state index contributed by atoms with van der Waals surface area (Å²) in [5, 5.41) is 0. The number of hydrogen-bond donors (Lipinski definition) is 0. The van der Waals surface area contributed by atoms with Crippen LogP contribution in [0.5, 0.6) is 0 Å². The summed E-state index contributed by atoms with van der Waals surface area (Å²) in [6.45, 7) is 3.77. The van der Waals surface area contributed by atoms with E-state index in [9.17, 15) is 14.4 Å². The topological polar surface area (TPSA) is 54.5 Å². The average molecular weight is 305 g/mol. The van der Waals surface area contributed by atoms with E-state index in [1.807, 2.05) is 30.3 Å². The van der Waals surface area contributed by atoms with Gasteiger partial charge in [-0.2, -0.15) is 0 Å². The van der Waals surface area contributed by atoms with E-state index < -0.39 is 23.8 Å². The Morgan fingerprint density at radius 1 is 0.870 bits per heavy atom. The van der Waals surface area contributed by atoms with Crippen molar-refractivity contribution in [2.75, 3.05) is 0 Å². The number of nitrogens with zero attached hydrogens (tertiary/aromatic N) is 1. The number of amides is 2. The fourth-order valence-corrected chi connectivity index (χ4v) is 2.93. The predicted molar refractivity (Wildman–Crippen MR) is 86.2 cm³/mol. The molecule has 114 valence electrons. The number of rotatable bonds is 5. The van der Waals surface area contributed by atoms with Gasteiger partial charge < -0.3 is 4.79 Å². The first kappa shape index (κ1) is 14.9. The van der Waals surface area contributed by atoms with Crippen LogP contribution in [0, 0.1) is 0 Å². The van der Waals surface area contributed by atoms with Crippen molar-refractivity contribution in [1.29, 1.82) is 0 Å². The number of hydrogen-bond acceptors (Lipinski definition) is 3. The molecule has 0 aromatic heterocycles. The molecular weight excluding hydrogens is 290 g/mol. The highest BCUT2D eigenvalue weighted by Crippen LogP contribution is 2.30. The molecule has 0 radical (unpaired) electrons. The maximum absolute atomic E-state index is 12.6. The van der Waals surface area contributed by atoms with Crippen LogP contribution in [-0.4, -0.2) is 29.0 Å². The lowest BCUT2D eigenvalue weighted by Gasteiger charge is -2.27. The third-order valence-corrected chi connectivity index (χ3v) is 4.07. The van der Waals surface area contributed by atoms with Gasteiger partial charge in [-0.1, -0.05) is 48.5 Å². The quantitative estimate of drug-likeness (QED) is 0.485. The van der Waals surface area contributed by atoms with Crippen LogP contribution >= 0.6 is 0 Å². The van der Waals surface area contributed by atoms with Crippen molar-refractivity contribution in [1.82, 2.24) is 4.90 Å². The molecule has 0 saturated carbocycles. The maximum atomic E-state index is 12.6. The van der Waals surface area contributed by atoms with Gasteiger partial charge in [0.15, 0.2) is 0 Å². The second-order valence-electron chi connectivity index (χ2n) is 5.32. The fraction of sp³-hybridized carbons (Fsp3) is 0.105. The highest BCUT2D eigenvalue weighted by atomic mass is 16.2.